The molecule has 0 aliphatic rings. The summed E-state index contributed by atoms with van der Waals surface area (Å²) in [5.41, 5.74) is -1.26. The molecule has 0 aliphatic carbocycles. The lowest BCUT2D eigenvalue weighted by Crippen LogP contribution is -2.31. The predicted octanol–water partition coefficient (Wildman–Crippen LogP) is 2.88. The van der Waals surface area contributed by atoms with Crippen LogP contribution < -0.4 is 10.0 Å². The van der Waals surface area contributed by atoms with Gasteiger partial charge in [0.2, 0.25) is 15.9 Å². The Morgan fingerprint density at radius 1 is 1.10 bits per heavy atom. The van der Waals surface area contributed by atoms with Crippen LogP contribution in [0.3, 0.4) is 0 Å². The second-order valence-electron chi connectivity index (χ2n) is 6.02. The number of nitrogens with one attached hydrogen (secondary N) is 2. The van der Waals surface area contributed by atoms with Gasteiger partial charge in [0.1, 0.15) is 0 Å². The zero-order valence-corrected chi connectivity index (χ0v) is 17.2. The summed E-state index contributed by atoms with van der Waals surface area (Å²) in [5.74, 6) is -0.711. The molecule has 1 amide bonds. The summed E-state index contributed by atoms with van der Waals surface area (Å²) in [6, 6.07) is 2.25. The smallest absolute Gasteiger partial charge is 0.417 e. The van der Waals surface area contributed by atoms with Gasteiger partial charge in [0, 0.05) is 25.9 Å². The molecule has 12 heteroatoms. The molecule has 7 nitrogen and oxygen atoms in total. The summed E-state index contributed by atoms with van der Waals surface area (Å²) in [6.45, 7) is 0.0827. The summed E-state index contributed by atoms with van der Waals surface area (Å²) in [4.78, 5) is 22.0. The van der Waals surface area contributed by atoms with Crippen molar-refractivity contribution in [3.05, 3.63) is 28.8 Å². The lowest BCUT2D eigenvalue weighted by atomic mass is 10.2. The number of rotatable bonds is 11. The third-order valence-electron chi connectivity index (χ3n) is 3.81. The Bertz CT molecular complexity index is 816. The second-order valence-corrected chi connectivity index (χ2v) is 8.20. The molecule has 164 valence electrons. The van der Waals surface area contributed by atoms with Crippen molar-refractivity contribution in [2.45, 2.75) is 43.2 Å². The first kappa shape index (κ1) is 25.2. The number of esters is 1. The number of benzene rings is 1. The van der Waals surface area contributed by atoms with E-state index in [1.165, 1.54) is 7.11 Å². The van der Waals surface area contributed by atoms with Crippen molar-refractivity contribution in [3.8, 4) is 0 Å². The lowest BCUT2D eigenvalue weighted by molar-refractivity contribution is -0.141. The fourth-order valence-corrected chi connectivity index (χ4v) is 3.54. The van der Waals surface area contributed by atoms with Crippen LogP contribution in [0.5, 0.6) is 0 Å². The standard InChI is InChI=1S/C17H22ClF3N2O5S/c1-28-16(25)5-3-2-4-9-22-15(24)8-10-23-29(26,27)12-6-7-14(18)13(11-12)17(19,20)21/h6-7,11,23H,2-5,8-10H2,1H3,(H,22,24). The van der Waals surface area contributed by atoms with Gasteiger partial charge >= 0.3 is 12.1 Å². The van der Waals surface area contributed by atoms with Crippen LogP contribution in [0.15, 0.2) is 23.1 Å². The van der Waals surface area contributed by atoms with E-state index in [2.05, 4.69) is 14.8 Å². The van der Waals surface area contributed by atoms with E-state index in [4.69, 9.17) is 11.6 Å². The zero-order valence-electron chi connectivity index (χ0n) is 15.6. The molecule has 0 aromatic heterocycles. The van der Waals surface area contributed by atoms with E-state index in [0.717, 1.165) is 12.1 Å². The van der Waals surface area contributed by atoms with Crippen LogP contribution in [0.2, 0.25) is 5.02 Å². The van der Waals surface area contributed by atoms with Crippen molar-refractivity contribution < 1.29 is 35.9 Å². The molecule has 2 N–H and O–H groups in total. The van der Waals surface area contributed by atoms with Crippen LogP contribution in [0.25, 0.3) is 0 Å². The minimum absolute atomic E-state index is 0.179. The molecular formula is C17H22ClF3N2O5S. The number of ether oxygens (including phenoxy) is 1. The number of hydrogen-bond donors (Lipinski definition) is 2. The third-order valence-corrected chi connectivity index (χ3v) is 5.59. The number of carbonyl (C=O) groups excluding carboxylic acids is 2. The average Bonchev–Trinajstić information content (AvgIpc) is 2.63. The lowest BCUT2D eigenvalue weighted by Gasteiger charge is -2.12. The van der Waals surface area contributed by atoms with Gasteiger partial charge in [-0.15, -0.1) is 0 Å². The van der Waals surface area contributed by atoms with Gasteiger partial charge in [-0.1, -0.05) is 18.0 Å². The molecule has 0 aliphatic heterocycles. The topological polar surface area (TPSA) is 102 Å². The Hall–Kier alpha value is -1.85. The quantitative estimate of drug-likeness (QED) is 0.392. The average molecular weight is 459 g/mol. The Morgan fingerprint density at radius 2 is 1.79 bits per heavy atom. The molecule has 0 bridgehead atoms. The molecule has 0 spiro atoms. The molecule has 1 rings (SSSR count). The van der Waals surface area contributed by atoms with Crippen LogP contribution in [0, 0.1) is 0 Å². The van der Waals surface area contributed by atoms with E-state index >= 15 is 0 Å². The Morgan fingerprint density at radius 3 is 2.41 bits per heavy atom. The summed E-state index contributed by atoms with van der Waals surface area (Å²) < 4.78 is 69.4. The zero-order chi connectivity index (χ0) is 22.1. The van der Waals surface area contributed by atoms with E-state index in [9.17, 15) is 31.2 Å². The van der Waals surface area contributed by atoms with Gasteiger partial charge in [0.25, 0.3) is 0 Å². The van der Waals surface area contributed by atoms with Crippen molar-refractivity contribution in [1.82, 2.24) is 10.0 Å². The number of amides is 1. The van der Waals surface area contributed by atoms with Gasteiger partial charge in [0.15, 0.2) is 0 Å². The molecule has 0 saturated carbocycles. The van der Waals surface area contributed by atoms with Gasteiger partial charge in [-0.2, -0.15) is 13.2 Å². The van der Waals surface area contributed by atoms with Crippen molar-refractivity contribution in [3.63, 3.8) is 0 Å². The van der Waals surface area contributed by atoms with Crippen molar-refractivity contribution >= 4 is 33.5 Å². The molecule has 1 aromatic carbocycles. The van der Waals surface area contributed by atoms with Crippen molar-refractivity contribution in [1.29, 1.82) is 0 Å². The molecule has 0 unspecified atom stereocenters. The summed E-state index contributed by atoms with van der Waals surface area (Å²) in [5, 5.41) is 1.98. The highest BCUT2D eigenvalue weighted by molar-refractivity contribution is 7.89. The van der Waals surface area contributed by atoms with Crippen LogP contribution in [0.1, 0.15) is 37.7 Å². The Balaban J connectivity index is 2.41. The Kier molecular flexibility index (Phi) is 9.87. The predicted molar refractivity (Wildman–Crippen MR) is 99.8 cm³/mol. The van der Waals surface area contributed by atoms with E-state index in [1.54, 1.807) is 0 Å². The minimum atomic E-state index is -4.79. The number of halogens is 4. The molecular weight excluding hydrogens is 437 g/mol. The molecule has 0 saturated heterocycles. The first-order valence-electron chi connectivity index (χ1n) is 8.67. The second kappa shape index (κ2) is 11.4. The monoisotopic (exact) mass is 458 g/mol. The van der Waals surface area contributed by atoms with E-state index in [0.29, 0.717) is 38.3 Å². The SMILES string of the molecule is COC(=O)CCCCCNC(=O)CCNS(=O)(=O)c1ccc(Cl)c(C(F)(F)F)c1. The summed E-state index contributed by atoms with van der Waals surface area (Å²) in [6.07, 6.45) is -2.70. The highest BCUT2D eigenvalue weighted by atomic mass is 35.5. The first-order valence-corrected chi connectivity index (χ1v) is 10.5. The fourth-order valence-electron chi connectivity index (χ4n) is 2.26. The number of hydrogen-bond acceptors (Lipinski definition) is 5. The Labute approximate surface area is 172 Å². The van der Waals surface area contributed by atoms with E-state index in [-0.39, 0.29) is 18.9 Å². The number of sulfonamides is 1. The summed E-state index contributed by atoms with van der Waals surface area (Å²) >= 11 is 5.47. The highest BCUT2D eigenvalue weighted by Gasteiger charge is 2.34. The van der Waals surface area contributed by atoms with E-state index < -0.39 is 37.6 Å². The van der Waals surface area contributed by atoms with Crippen molar-refractivity contribution in [2.24, 2.45) is 0 Å². The van der Waals surface area contributed by atoms with Gasteiger partial charge in [-0.3, -0.25) is 9.59 Å². The van der Waals surface area contributed by atoms with Crippen LogP contribution in [0.4, 0.5) is 13.2 Å². The number of unbranched alkanes of at least 4 members (excludes halogenated alkanes) is 2. The number of methoxy groups -OCH3 is 1. The number of carbonyl (C=O) groups is 2. The molecule has 0 atom stereocenters. The van der Waals surface area contributed by atoms with Crippen LogP contribution >= 0.6 is 11.6 Å². The maximum atomic E-state index is 12.9. The number of alkyl halides is 3. The highest BCUT2D eigenvalue weighted by Crippen LogP contribution is 2.35. The summed E-state index contributed by atoms with van der Waals surface area (Å²) in [7, 11) is -2.93. The minimum Gasteiger partial charge on any atom is -0.469 e. The van der Waals surface area contributed by atoms with E-state index in [1.807, 2.05) is 0 Å². The largest absolute Gasteiger partial charge is 0.469 e. The van der Waals surface area contributed by atoms with Gasteiger partial charge < -0.3 is 10.1 Å². The molecule has 0 fully saturated rings. The molecule has 29 heavy (non-hydrogen) atoms. The normalized spacial score (nSPS) is 11.9. The maximum absolute atomic E-state index is 12.9. The van der Waals surface area contributed by atoms with Crippen LogP contribution in [-0.4, -0.2) is 40.5 Å². The first-order chi connectivity index (χ1) is 13.5. The molecule has 1 aromatic rings. The van der Waals surface area contributed by atoms with Crippen molar-refractivity contribution in [2.75, 3.05) is 20.2 Å². The van der Waals surface area contributed by atoms with Crippen LogP contribution in [-0.2, 0) is 30.5 Å². The maximum Gasteiger partial charge on any atom is 0.417 e. The van der Waals surface area contributed by atoms with Gasteiger partial charge in [-0.25, -0.2) is 13.1 Å². The fraction of sp³-hybridized carbons (Fsp3) is 0.529. The van der Waals surface area contributed by atoms with Gasteiger partial charge in [-0.05, 0) is 31.0 Å². The molecule has 0 radical (unpaired) electrons. The third kappa shape index (κ3) is 9.01. The van der Waals surface area contributed by atoms with Gasteiger partial charge in [0.05, 0.1) is 22.6 Å². The molecule has 0 heterocycles.